The third-order valence-corrected chi connectivity index (χ3v) is 2.88. The molecule has 0 aromatic heterocycles. The number of rotatable bonds is 5. The monoisotopic (exact) mass is 215 g/mol. The molecule has 1 fully saturated rings. The third kappa shape index (κ3) is 3.80. The van der Waals surface area contributed by atoms with E-state index in [-0.39, 0.29) is 12.0 Å². The minimum atomic E-state index is -0.0906. The quantitative estimate of drug-likeness (QED) is 0.507. The van der Waals surface area contributed by atoms with Crippen molar-refractivity contribution in [1.82, 2.24) is 4.90 Å². The maximum atomic E-state index is 11.5. The van der Waals surface area contributed by atoms with Crippen molar-refractivity contribution in [2.24, 2.45) is 0 Å². The fourth-order valence-electron chi connectivity index (χ4n) is 2.07. The molecule has 0 bridgehead atoms. The number of methoxy groups -OCH3 is 2. The Kier molecular flexibility index (Phi) is 5.65. The Morgan fingerprint density at radius 3 is 2.87 bits per heavy atom. The van der Waals surface area contributed by atoms with Gasteiger partial charge in [-0.15, -0.1) is 0 Å². The molecule has 0 aromatic carbocycles. The zero-order valence-corrected chi connectivity index (χ0v) is 9.70. The van der Waals surface area contributed by atoms with Crippen LogP contribution in [-0.4, -0.2) is 50.8 Å². The first kappa shape index (κ1) is 12.5. The molecular weight excluding hydrogens is 194 g/mol. The molecule has 1 aliphatic rings. The molecule has 0 radical (unpaired) electrons. The number of carbonyl (C=O) groups excluding carboxylic acids is 1. The summed E-state index contributed by atoms with van der Waals surface area (Å²) in [6.45, 7) is 2.68. The second kappa shape index (κ2) is 6.80. The van der Waals surface area contributed by atoms with Gasteiger partial charge in [0.15, 0.2) is 0 Å². The lowest BCUT2D eigenvalue weighted by atomic mass is 10.0. The number of likely N-dealkylation sites (tertiary alicyclic amines) is 1. The number of piperidine rings is 1. The largest absolute Gasteiger partial charge is 0.468 e. The topological polar surface area (TPSA) is 38.8 Å². The zero-order chi connectivity index (χ0) is 11.1. The fourth-order valence-corrected chi connectivity index (χ4v) is 2.07. The van der Waals surface area contributed by atoms with Crippen molar-refractivity contribution >= 4 is 5.97 Å². The molecule has 0 aliphatic carbocycles. The fraction of sp³-hybridized carbons (Fsp3) is 0.909. The Morgan fingerprint density at radius 1 is 1.40 bits per heavy atom. The van der Waals surface area contributed by atoms with Crippen LogP contribution in [0.5, 0.6) is 0 Å². The molecule has 4 heteroatoms. The van der Waals surface area contributed by atoms with Crippen LogP contribution >= 0.6 is 0 Å². The van der Waals surface area contributed by atoms with Gasteiger partial charge in [-0.1, -0.05) is 6.42 Å². The van der Waals surface area contributed by atoms with E-state index in [1.54, 1.807) is 7.11 Å². The van der Waals surface area contributed by atoms with Gasteiger partial charge in [-0.05, 0) is 25.8 Å². The van der Waals surface area contributed by atoms with Gasteiger partial charge in [0, 0.05) is 20.3 Å². The van der Waals surface area contributed by atoms with Crippen LogP contribution in [0.25, 0.3) is 0 Å². The number of ether oxygens (including phenoxy) is 2. The molecule has 88 valence electrons. The van der Waals surface area contributed by atoms with Crippen LogP contribution < -0.4 is 0 Å². The van der Waals surface area contributed by atoms with E-state index in [9.17, 15) is 4.79 Å². The number of esters is 1. The van der Waals surface area contributed by atoms with E-state index >= 15 is 0 Å². The Balaban J connectivity index is 2.39. The van der Waals surface area contributed by atoms with Crippen LogP contribution in [0.15, 0.2) is 0 Å². The predicted octanol–water partition coefficient (Wildman–Crippen LogP) is 1.05. The van der Waals surface area contributed by atoms with Gasteiger partial charge in [-0.25, -0.2) is 0 Å². The lowest BCUT2D eigenvalue weighted by Crippen LogP contribution is -2.45. The molecule has 1 atom stereocenters. The number of nitrogens with zero attached hydrogens (tertiary/aromatic N) is 1. The number of hydrogen-bond acceptors (Lipinski definition) is 4. The van der Waals surface area contributed by atoms with Gasteiger partial charge in [0.05, 0.1) is 7.11 Å². The molecule has 1 rings (SSSR count). The highest BCUT2D eigenvalue weighted by Crippen LogP contribution is 2.18. The average Bonchev–Trinajstić information content (AvgIpc) is 2.29. The minimum absolute atomic E-state index is 0.0272. The highest BCUT2D eigenvalue weighted by atomic mass is 16.5. The zero-order valence-electron chi connectivity index (χ0n) is 9.70. The Morgan fingerprint density at radius 2 is 2.20 bits per heavy atom. The van der Waals surface area contributed by atoms with E-state index in [0.717, 1.165) is 39.0 Å². The number of carbonyl (C=O) groups is 1. The average molecular weight is 215 g/mol. The third-order valence-electron chi connectivity index (χ3n) is 2.88. The first-order valence-corrected chi connectivity index (χ1v) is 5.60. The standard InChI is InChI=1S/C11H21NO3/c1-14-9-5-8-12-7-4-3-6-10(12)11(13)15-2/h10H,3-9H2,1-2H3/t10-/m1/s1. The van der Waals surface area contributed by atoms with Crippen LogP contribution in [0, 0.1) is 0 Å². The molecular formula is C11H21NO3. The van der Waals surface area contributed by atoms with Crippen LogP contribution in [0.3, 0.4) is 0 Å². The van der Waals surface area contributed by atoms with E-state index in [1.807, 2.05) is 0 Å². The maximum Gasteiger partial charge on any atom is 0.323 e. The first-order chi connectivity index (χ1) is 7.29. The van der Waals surface area contributed by atoms with E-state index in [0.29, 0.717) is 0 Å². The summed E-state index contributed by atoms with van der Waals surface area (Å²) >= 11 is 0. The van der Waals surface area contributed by atoms with E-state index in [2.05, 4.69) is 4.90 Å². The van der Waals surface area contributed by atoms with Crippen molar-refractivity contribution in [1.29, 1.82) is 0 Å². The lowest BCUT2D eigenvalue weighted by molar-refractivity contribution is -0.148. The van der Waals surface area contributed by atoms with E-state index in [1.165, 1.54) is 13.5 Å². The summed E-state index contributed by atoms with van der Waals surface area (Å²) in [5.74, 6) is -0.0906. The molecule has 0 amide bonds. The van der Waals surface area contributed by atoms with E-state index in [4.69, 9.17) is 9.47 Å². The SMILES string of the molecule is COCCCN1CCCC[C@@H]1C(=O)OC. The van der Waals surface area contributed by atoms with Crippen molar-refractivity contribution in [3.8, 4) is 0 Å². The van der Waals surface area contributed by atoms with Gasteiger partial charge in [-0.2, -0.15) is 0 Å². The summed E-state index contributed by atoms with van der Waals surface area (Å²) in [5.41, 5.74) is 0. The maximum absolute atomic E-state index is 11.5. The summed E-state index contributed by atoms with van der Waals surface area (Å²) in [6, 6.07) is -0.0272. The summed E-state index contributed by atoms with van der Waals surface area (Å²) < 4.78 is 9.83. The van der Waals surface area contributed by atoms with Gasteiger partial charge in [0.2, 0.25) is 0 Å². The molecule has 4 nitrogen and oxygen atoms in total. The minimum Gasteiger partial charge on any atom is -0.468 e. The number of hydrogen-bond donors (Lipinski definition) is 0. The Bertz CT molecular complexity index is 196. The van der Waals surface area contributed by atoms with Crippen LogP contribution in [-0.2, 0) is 14.3 Å². The van der Waals surface area contributed by atoms with Crippen molar-refractivity contribution in [3.05, 3.63) is 0 Å². The van der Waals surface area contributed by atoms with Crippen LogP contribution in [0.4, 0.5) is 0 Å². The van der Waals surface area contributed by atoms with Crippen molar-refractivity contribution < 1.29 is 14.3 Å². The molecule has 0 N–H and O–H groups in total. The van der Waals surface area contributed by atoms with Gasteiger partial charge in [0.1, 0.15) is 6.04 Å². The van der Waals surface area contributed by atoms with E-state index < -0.39 is 0 Å². The molecule has 15 heavy (non-hydrogen) atoms. The normalized spacial score (nSPS) is 22.7. The highest BCUT2D eigenvalue weighted by molar-refractivity contribution is 5.75. The highest BCUT2D eigenvalue weighted by Gasteiger charge is 2.28. The lowest BCUT2D eigenvalue weighted by Gasteiger charge is -2.33. The molecule has 0 aromatic rings. The Hall–Kier alpha value is -0.610. The smallest absolute Gasteiger partial charge is 0.323 e. The van der Waals surface area contributed by atoms with Gasteiger partial charge in [0.25, 0.3) is 0 Å². The predicted molar refractivity (Wildman–Crippen MR) is 57.7 cm³/mol. The second-order valence-electron chi connectivity index (χ2n) is 3.92. The van der Waals surface area contributed by atoms with Crippen molar-refractivity contribution in [3.63, 3.8) is 0 Å². The summed E-state index contributed by atoms with van der Waals surface area (Å²) in [7, 11) is 3.16. The van der Waals surface area contributed by atoms with Crippen LogP contribution in [0.2, 0.25) is 0 Å². The molecule has 1 aliphatic heterocycles. The van der Waals surface area contributed by atoms with Crippen LogP contribution in [0.1, 0.15) is 25.7 Å². The summed E-state index contributed by atoms with van der Waals surface area (Å²) in [6.07, 6.45) is 4.21. The molecule has 1 heterocycles. The van der Waals surface area contributed by atoms with Gasteiger partial charge >= 0.3 is 5.97 Å². The van der Waals surface area contributed by atoms with Gasteiger partial charge in [-0.3, -0.25) is 9.69 Å². The molecule has 0 unspecified atom stereocenters. The second-order valence-corrected chi connectivity index (χ2v) is 3.92. The van der Waals surface area contributed by atoms with Crippen molar-refractivity contribution in [2.45, 2.75) is 31.7 Å². The molecule has 0 saturated carbocycles. The first-order valence-electron chi connectivity index (χ1n) is 5.60. The summed E-state index contributed by atoms with van der Waals surface area (Å²) in [4.78, 5) is 13.7. The summed E-state index contributed by atoms with van der Waals surface area (Å²) in [5, 5.41) is 0. The molecule has 0 spiro atoms. The van der Waals surface area contributed by atoms with Crippen molar-refractivity contribution in [2.75, 3.05) is 33.9 Å². The Labute approximate surface area is 91.5 Å². The molecule has 1 saturated heterocycles. The van der Waals surface area contributed by atoms with Gasteiger partial charge < -0.3 is 9.47 Å².